The van der Waals surface area contributed by atoms with Gasteiger partial charge in [0.1, 0.15) is 5.82 Å². The normalized spacial score (nSPS) is 18.8. The Morgan fingerprint density at radius 1 is 0.978 bits per heavy atom. The van der Waals surface area contributed by atoms with Crippen LogP contribution >= 0.6 is 25.3 Å². The standard InChI is InChI=1S/C32H53BFN2O2S.2C2H6.CH4S/c1-29(2,3)35-28(37)32(8,18-9-10-19-33-38-30(4,5)31(6,7)39)24-16-20-36(21-17-24)27-13-11-12-23-14-15-25(34)22-26(23)27;3*1-2/h14-15,22,24,27,39H,9-13,16-21H2,1-8H3,(H,35,37);2*1-2H3;2H,1H3. The molecule has 1 aliphatic heterocycles. The fourth-order valence-corrected chi connectivity index (χ4v) is 6.14. The summed E-state index contributed by atoms with van der Waals surface area (Å²) in [5, 5.41) is 3.30. The molecular formula is C37H69BFN2O2S2. The summed E-state index contributed by atoms with van der Waals surface area (Å²) < 4.78 is 19.9. The molecule has 45 heavy (non-hydrogen) atoms. The maximum Gasteiger partial charge on any atom is 0.293 e. The molecule has 2 unspecified atom stereocenters. The lowest BCUT2D eigenvalue weighted by molar-refractivity contribution is -0.137. The molecule has 0 bridgehead atoms. The number of halogens is 1. The number of benzene rings is 1. The molecule has 1 radical (unpaired) electrons. The van der Waals surface area contributed by atoms with E-state index in [1.807, 2.05) is 41.2 Å². The van der Waals surface area contributed by atoms with Gasteiger partial charge in [-0.15, -0.1) is 0 Å². The first-order valence-corrected chi connectivity index (χ1v) is 18.9. The fourth-order valence-electron chi connectivity index (χ4n) is 6.09. The molecule has 4 nitrogen and oxygen atoms in total. The van der Waals surface area contributed by atoms with Gasteiger partial charge in [0.2, 0.25) is 5.91 Å². The van der Waals surface area contributed by atoms with Crippen molar-refractivity contribution in [1.29, 1.82) is 0 Å². The lowest BCUT2D eigenvalue weighted by Gasteiger charge is -2.45. The molecule has 2 atom stereocenters. The zero-order valence-electron chi connectivity index (χ0n) is 31.3. The first-order valence-electron chi connectivity index (χ1n) is 17.5. The van der Waals surface area contributed by atoms with Crippen LogP contribution in [-0.4, -0.2) is 53.5 Å². The van der Waals surface area contributed by atoms with Crippen molar-refractivity contribution < 1.29 is 13.8 Å². The van der Waals surface area contributed by atoms with Crippen molar-refractivity contribution in [3.05, 3.63) is 35.1 Å². The van der Waals surface area contributed by atoms with Crippen LogP contribution in [0.3, 0.4) is 0 Å². The van der Waals surface area contributed by atoms with Crippen LogP contribution in [0.1, 0.15) is 145 Å². The maximum absolute atomic E-state index is 14.1. The van der Waals surface area contributed by atoms with E-state index in [0.717, 1.165) is 70.8 Å². The number of carbonyl (C=O) groups is 1. The SMILES string of the molecule is CC.CC.CC(C)(C)NC(=O)C(C)(CCCC[B]OC(C)(C)C(C)(C)S)C1CCN(C2CCCc3ccc(F)cc32)CC1.CS. The number of thiol groups is 2. The van der Waals surface area contributed by atoms with Crippen molar-refractivity contribution in [2.24, 2.45) is 11.3 Å². The number of nitrogens with zero attached hydrogens (tertiary/aromatic N) is 1. The summed E-state index contributed by atoms with van der Waals surface area (Å²) in [6, 6.07) is 5.62. The van der Waals surface area contributed by atoms with Gasteiger partial charge in [0.05, 0.1) is 5.60 Å². The second-order valence-corrected chi connectivity index (χ2v) is 15.4. The highest BCUT2D eigenvalue weighted by molar-refractivity contribution is 7.81. The van der Waals surface area contributed by atoms with Gasteiger partial charge >= 0.3 is 0 Å². The summed E-state index contributed by atoms with van der Waals surface area (Å²) in [6.07, 6.45) is 10.7. The first kappa shape index (κ1) is 44.3. The van der Waals surface area contributed by atoms with Gasteiger partial charge < -0.3 is 9.97 Å². The van der Waals surface area contributed by atoms with E-state index >= 15 is 0 Å². The number of carbonyl (C=O) groups excluding carboxylic acids is 1. The lowest BCUT2D eigenvalue weighted by Crippen LogP contribution is -2.53. The number of unbranched alkanes of at least 4 members (excludes halogenated alkanes) is 1. The molecule has 1 aliphatic carbocycles. The number of aryl methyl sites for hydroxylation is 1. The van der Waals surface area contributed by atoms with E-state index in [-0.39, 0.29) is 27.6 Å². The molecule has 1 aromatic carbocycles. The summed E-state index contributed by atoms with van der Waals surface area (Å²) in [5.74, 6) is 0.370. The zero-order valence-corrected chi connectivity index (χ0v) is 33.1. The van der Waals surface area contributed by atoms with Gasteiger partial charge in [0, 0.05) is 21.7 Å². The minimum Gasteiger partial charge on any atom is -0.434 e. The van der Waals surface area contributed by atoms with Gasteiger partial charge in [-0.25, -0.2) is 4.39 Å². The molecule has 2 aliphatic rings. The quantitative estimate of drug-likeness (QED) is 0.125. The minimum absolute atomic E-state index is 0.137. The van der Waals surface area contributed by atoms with E-state index in [1.165, 1.54) is 11.1 Å². The Kier molecular flexibility index (Phi) is 20.3. The molecule has 1 amide bonds. The van der Waals surface area contributed by atoms with Gasteiger partial charge in [-0.1, -0.05) is 59.8 Å². The molecule has 1 aromatic rings. The third kappa shape index (κ3) is 13.7. The second kappa shape index (κ2) is 20.6. The maximum atomic E-state index is 14.1. The molecule has 0 aromatic heterocycles. The van der Waals surface area contributed by atoms with Crippen LogP contribution in [0, 0.1) is 17.2 Å². The molecule has 1 saturated heterocycles. The van der Waals surface area contributed by atoms with E-state index < -0.39 is 5.41 Å². The number of hydrogen-bond donors (Lipinski definition) is 3. The predicted molar refractivity (Wildman–Crippen MR) is 203 cm³/mol. The Bertz CT molecular complexity index is 972. The zero-order chi connectivity index (χ0) is 35.1. The number of fused-ring (bicyclic) bond motifs is 1. The largest absolute Gasteiger partial charge is 0.434 e. The van der Waals surface area contributed by atoms with Crippen molar-refractivity contribution in [2.45, 2.75) is 163 Å². The van der Waals surface area contributed by atoms with Crippen molar-refractivity contribution >= 4 is 38.6 Å². The number of piperidine rings is 1. The smallest absolute Gasteiger partial charge is 0.293 e. The number of amides is 1. The third-order valence-corrected chi connectivity index (χ3v) is 9.93. The molecule has 0 spiro atoms. The van der Waals surface area contributed by atoms with E-state index in [2.05, 4.69) is 90.9 Å². The van der Waals surface area contributed by atoms with Crippen molar-refractivity contribution in [3.8, 4) is 0 Å². The summed E-state index contributed by atoms with van der Waals surface area (Å²) >= 11 is 8.21. The molecule has 1 N–H and O–H groups in total. The van der Waals surface area contributed by atoms with E-state index in [0.29, 0.717) is 12.0 Å². The summed E-state index contributed by atoms with van der Waals surface area (Å²) in [6.45, 7) is 26.6. The topological polar surface area (TPSA) is 41.6 Å². The molecular weight excluding hydrogens is 598 g/mol. The number of hydrogen-bond acceptors (Lipinski definition) is 5. The highest BCUT2D eigenvalue weighted by Crippen LogP contribution is 2.43. The molecule has 261 valence electrons. The summed E-state index contributed by atoms with van der Waals surface area (Å²) in [4.78, 5) is 16.3. The fraction of sp³-hybridized carbons (Fsp3) is 0.811. The van der Waals surface area contributed by atoms with Crippen molar-refractivity contribution in [3.63, 3.8) is 0 Å². The highest BCUT2D eigenvalue weighted by atomic mass is 32.1. The number of rotatable bonds is 11. The van der Waals surface area contributed by atoms with Crippen molar-refractivity contribution in [1.82, 2.24) is 10.2 Å². The van der Waals surface area contributed by atoms with Gasteiger partial charge in [0.25, 0.3) is 7.48 Å². The van der Waals surface area contributed by atoms with E-state index in [9.17, 15) is 9.18 Å². The molecule has 1 fully saturated rings. The van der Waals surface area contributed by atoms with Crippen LogP contribution in [0.5, 0.6) is 0 Å². The predicted octanol–water partition coefficient (Wildman–Crippen LogP) is 10.1. The summed E-state index contributed by atoms with van der Waals surface area (Å²) in [5.41, 5.74) is 1.45. The van der Waals surface area contributed by atoms with Gasteiger partial charge in [-0.2, -0.15) is 25.3 Å². The van der Waals surface area contributed by atoms with Crippen LogP contribution in [-0.2, 0) is 15.9 Å². The third-order valence-electron chi connectivity index (χ3n) is 9.39. The van der Waals surface area contributed by atoms with E-state index in [4.69, 9.17) is 4.65 Å². The van der Waals surface area contributed by atoms with Gasteiger partial charge in [-0.3, -0.25) is 9.69 Å². The van der Waals surface area contributed by atoms with Crippen LogP contribution in [0.4, 0.5) is 4.39 Å². The van der Waals surface area contributed by atoms with Crippen LogP contribution in [0.15, 0.2) is 18.2 Å². The molecule has 0 saturated carbocycles. The van der Waals surface area contributed by atoms with Gasteiger partial charge in [-0.05, 0) is 136 Å². The first-order chi connectivity index (χ1) is 21.0. The molecule has 1 heterocycles. The average molecular weight is 668 g/mol. The van der Waals surface area contributed by atoms with Crippen molar-refractivity contribution in [2.75, 3.05) is 19.3 Å². The molecule has 8 heteroatoms. The van der Waals surface area contributed by atoms with E-state index in [1.54, 1.807) is 18.4 Å². The average Bonchev–Trinajstić information content (AvgIpc) is 3.00. The molecule has 3 rings (SSSR count). The minimum atomic E-state index is -0.414. The Balaban J connectivity index is 0.00000304. The monoisotopic (exact) mass is 667 g/mol. The Labute approximate surface area is 290 Å². The second-order valence-electron chi connectivity index (χ2n) is 14.3. The lowest BCUT2D eigenvalue weighted by atomic mass is 9.67. The highest BCUT2D eigenvalue weighted by Gasteiger charge is 2.44. The van der Waals surface area contributed by atoms with Crippen LogP contribution in [0.25, 0.3) is 0 Å². The van der Waals surface area contributed by atoms with Crippen LogP contribution in [0.2, 0.25) is 6.32 Å². The number of nitrogens with one attached hydrogen (secondary N) is 1. The Morgan fingerprint density at radius 3 is 2.09 bits per heavy atom. The Morgan fingerprint density at radius 2 is 1.56 bits per heavy atom. The van der Waals surface area contributed by atoms with Crippen LogP contribution < -0.4 is 5.32 Å². The number of likely N-dealkylation sites (tertiary alicyclic amines) is 1. The van der Waals surface area contributed by atoms with Gasteiger partial charge in [0.15, 0.2) is 0 Å². The Hall–Kier alpha value is -0.695. The summed E-state index contributed by atoms with van der Waals surface area (Å²) in [7, 11) is 1.92.